The second kappa shape index (κ2) is 6.92. The van der Waals surface area contributed by atoms with Crippen LogP contribution in [0, 0.1) is 13.8 Å². The zero-order valence-corrected chi connectivity index (χ0v) is 12.5. The van der Waals surface area contributed by atoms with E-state index >= 15 is 0 Å². The van der Waals surface area contributed by atoms with Gasteiger partial charge in [0.15, 0.2) is 11.5 Å². The summed E-state index contributed by atoms with van der Waals surface area (Å²) in [6.45, 7) is 6.11. The van der Waals surface area contributed by atoms with Gasteiger partial charge in [-0.2, -0.15) is 0 Å². The van der Waals surface area contributed by atoms with Crippen molar-refractivity contribution in [1.29, 1.82) is 0 Å². The molecule has 0 unspecified atom stereocenters. The van der Waals surface area contributed by atoms with Crippen LogP contribution in [0.3, 0.4) is 0 Å². The molecule has 0 fully saturated rings. The van der Waals surface area contributed by atoms with E-state index in [0.29, 0.717) is 24.5 Å². The van der Waals surface area contributed by atoms with E-state index in [1.165, 1.54) is 0 Å². The number of hydrogen-bond acceptors (Lipinski definition) is 5. The Labute approximate surface area is 123 Å². The summed E-state index contributed by atoms with van der Waals surface area (Å²) in [5.41, 5.74) is 1.78. The van der Waals surface area contributed by atoms with E-state index in [-0.39, 0.29) is 12.4 Å². The molecule has 21 heavy (non-hydrogen) atoms. The molecule has 1 aromatic heterocycles. The number of carbonyl (C=O) groups is 1. The van der Waals surface area contributed by atoms with Crippen molar-refractivity contribution in [2.75, 3.05) is 6.61 Å². The zero-order chi connectivity index (χ0) is 15.2. The molecule has 1 aromatic carbocycles. The zero-order valence-electron chi connectivity index (χ0n) is 12.5. The molecule has 0 radical (unpaired) electrons. The number of rotatable bonds is 6. The van der Waals surface area contributed by atoms with Gasteiger partial charge in [0, 0.05) is 5.56 Å². The highest BCUT2D eigenvalue weighted by molar-refractivity contribution is 5.73. The van der Waals surface area contributed by atoms with Crippen LogP contribution in [-0.2, 0) is 11.2 Å². The molecule has 2 rings (SSSR count). The summed E-state index contributed by atoms with van der Waals surface area (Å²) in [7, 11) is 0. The normalized spacial score (nSPS) is 10.4. The molecule has 0 aliphatic heterocycles. The summed E-state index contributed by atoms with van der Waals surface area (Å²) in [5.74, 6) is 1.46. The summed E-state index contributed by atoms with van der Waals surface area (Å²) in [5, 5.41) is 3.87. The minimum atomic E-state index is -0.304. The average molecular weight is 289 g/mol. The number of para-hydroxylation sites is 2. The molecule has 0 saturated carbocycles. The molecule has 0 aliphatic carbocycles. The van der Waals surface area contributed by atoms with Crippen molar-refractivity contribution in [3.8, 4) is 11.5 Å². The maximum atomic E-state index is 12.0. The molecule has 0 N–H and O–H groups in total. The van der Waals surface area contributed by atoms with E-state index in [2.05, 4.69) is 5.16 Å². The lowest BCUT2D eigenvalue weighted by Crippen LogP contribution is -2.10. The Bertz CT molecular complexity index is 599. The quantitative estimate of drug-likeness (QED) is 0.603. The molecule has 2 aromatic rings. The van der Waals surface area contributed by atoms with Crippen LogP contribution in [0.15, 0.2) is 28.8 Å². The molecule has 0 atom stereocenters. The monoisotopic (exact) mass is 289 g/mol. The number of aryl methyl sites for hydroxylation is 2. The summed E-state index contributed by atoms with van der Waals surface area (Å²) in [4.78, 5) is 12.0. The van der Waals surface area contributed by atoms with Gasteiger partial charge in [-0.05, 0) is 39.3 Å². The third-order valence-corrected chi connectivity index (χ3v) is 3.13. The fourth-order valence-electron chi connectivity index (χ4n) is 2.07. The van der Waals surface area contributed by atoms with Crippen molar-refractivity contribution in [2.45, 2.75) is 33.6 Å². The Morgan fingerprint density at radius 2 is 1.95 bits per heavy atom. The number of aromatic nitrogens is 1. The predicted octanol–water partition coefficient (Wildman–Crippen LogP) is 3.23. The minimum Gasteiger partial charge on any atom is -0.490 e. The molecule has 0 spiro atoms. The summed E-state index contributed by atoms with van der Waals surface area (Å²) in [6, 6.07) is 7.14. The lowest BCUT2D eigenvalue weighted by Gasteiger charge is -2.10. The van der Waals surface area contributed by atoms with Crippen LogP contribution in [-0.4, -0.2) is 17.7 Å². The standard InChI is InChI=1S/C16H19NO4/c1-4-19-14-7-5-6-8-15(14)20-16(18)10-9-13-11(2)17-21-12(13)3/h5-8H,4,9-10H2,1-3H3. The van der Waals surface area contributed by atoms with Gasteiger partial charge in [-0.15, -0.1) is 0 Å². The van der Waals surface area contributed by atoms with Crippen LogP contribution >= 0.6 is 0 Å². The van der Waals surface area contributed by atoms with Gasteiger partial charge >= 0.3 is 5.97 Å². The number of carbonyl (C=O) groups excluding carboxylic acids is 1. The first-order valence-electron chi connectivity index (χ1n) is 6.96. The van der Waals surface area contributed by atoms with Crippen LogP contribution in [0.25, 0.3) is 0 Å². The Kier molecular flexibility index (Phi) is 4.98. The molecule has 0 bridgehead atoms. The molecule has 5 nitrogen and oxygen atoms in total. The number of esters is 1. The first-order valence-corrected chi connectivity index (χ1v) is 6.96. The number of hydrogen-bond donors (Lipinski definition) is 0. The van der Waals surface area contributed by atoms with Crippen molar-refractivity contribution >= 4 is 5.97 Å². The third kappa shape index (κ3) is 3.84. The fourth-order valence-corrected chi connectivity index (χ4v) is 2.07. The largest absolute Gasteiger partial charge is 0.490 e. The molecule has 5 heteroatoms. The minimum absolute atomic E-state index is 0.267. The molecular formula is C16H19NO4. The average Bonchev–Trinajstić information content (AvgIpc) is 2.78. The maximum absolute atomic E-state index is 12.0. The molecular weight excluding hydrogens is 270 g/mol. The number of nitrogens with zero attached hydrogens (tertiary/aromatic N) is 1. The van der Waals surface area contributed by atoms with Gasteiger partial charge in [-0.25, -0.2) is 0 Å². The summed E-state index contributed by atoms with van der Waals surface area (Å²) < 4.78 is 15.9. The first kappa shape index (κ1) is 15.1. The fraction of sp³-hybridized carbons (Fsp3) is 0.375. The van der Waals surface area contributed by atoms with Crippen LogP contribution in [0.5, 0.6) is 11.5 Å². The highest BCUT2D eigenvalue weighted by atomic mass is 16.6. The SMILES string of the molecule is CCOc1ccccc1OC(=O)CCc1c(C)noc1C. The second-order valence-corrected chi connectivity index (χ2v) is 4.66. The van der Waals surface area contributed by atoms with Crippen molar-refractivity contribution in [3.63, 3.8) is 0 Å². The Hall–Kier alpha value is -2.30. The van der Waals surface area contributed by atoms with E-state index in [1.54, 1.807) is 18.2 Å². The van der Waals surface area contributed by atoms with Gasteiger partial charge < -0.3 is 14.0 Å². The van der Waals surface area contributed by atoms with Gasteiger partial charge in [-0.1, -0.05) is 17.3 Å². The van der Waals surface area contributed by atoms with Gasteiger partial charge in [0.2, 0.25) is 0 Å². The van der Waals surface area contributed by atoms with Gasteiger partial charge in [0.05, 0.1) is 18.7 Å². The summed E-state index contributed by atoms with van der Waals surface area (Å²) >= 11 is 0. The van der Waals surface area contributed by atoms with Gasteiger partial charge in [0.25, 0.3) is 0 Å². The van der Waals surface area contributed by atoms with E-state index in [0.717, 1.165) is 17.0 Å². The first-order chi connectivity index (χ1) is 10.1. The molecule has 112 valence electrons. The Morgan fingerprint density at radius 1 is 1.24 bits per heavy atom. The topological polar surface area (TPSA) is 61.6 Å². The van der Waals surface area contributed by atoms with E-state index in [1.807, 2.05) is 26.8 Å². The highest BCUT2D eigenvalue weighted by Crippen LogP contribution is 2.27. The second-order valence-electron chi connectivity index (χ2n) is 4.66. The lowest BCUT2D eigenvalue weighted by atomic mass is 10.1. The maximum Gasteiger partial charge on any atom is 0.311 e. The van der Waals surface area contributed by atoms with Crippen LogP contribution in [0.2, 0.25) is 0 Å². The Morgan fingerprint density at radius 3 is 2.57 bits per heavy atom. The van der Waals surface area contributed by atoms with Crippen LogP contribution in [0.1, 0.15) is 30.4 Å². The molecule has 0 amide bonds. The third-order valence-electron chi connectivity index (χ3n) is 3.13. The predicted molar refractivity (Wildman–Crippen MR) is 77.5 cm³/mol. The van der Waals surface area contributed by atoms with Crippen LogP contribution in [0.4, 0.5) is 0 Å². The summed E-state index contributed by atoms with van der Waals surface area (Å²) in [6.07, 6.45) is 0.820. The molecule has 1 heterocycles. The number of ether oxygens (including phenoxy) is 2. The Balaban J connectivity index is 1.96. The smallest absolute Gasteiger partial charge is 0.311 e. The number of benzene rings is 1. The van der Waals surface area contributed by atoms with Crippen molar-refractivity contribution in [3.05, 3.63) is 41.3 Å². The van der Waals surface area contributed by atoms with Gasteiger partial charge in [-0.3, -0.25) is 4.79 Å². The van der Waals surface area contributed by atoms with Crippen LogP contribution < -0.4 is 9.47 Å². The van der Waals surface area contributed by atoms with E-state index in [4.69, 9.17) is 14.0 Å². The van der Waals surface area contributed by atoms with Gasteiger partial charge in [0.1, 0.15) is 5.76 Å². The van der Waals surface area contributed by atoms with E-state index in [9.17, 15) is 4.79 Å². The van der Waals surface area contributed by atoms with E-state index < -0.39 is 0 Å². The molecule has 0 aliphatic rings. The van der Waals surface area contributed by atoms with Crippen molar-refractivity contribution in [1.82, 2.24) is 5.16 Å². The van der Waals surface area contributed by atoms with Crippen molar-refractivity contribution in [2.24, 2.45) is 0 Å². The lowest BCUT2D eigenvalue weighted by molar-refractivity contribution is -0.134. The highest BCUT2D eigenvalue weighted by Gasteiger charge is 2.14. The van der Waals surface area contributed by atoms with Crippen molar-refractivity contribution < 1.29 is 18.8 Å². The molecule has 0 saturated heterocycles.